The van der Waals surface area contributed by atoms with E-state index in [0.29, 0.717) is 10.0 Å². The van der Waals surface area contributed by atoms with Gasteiger partial charge >= 0.3 is 0 Å². The predicted molar refractivity (Wildman–Crippen MR) is 81.4 cm³/mol. The second-order valence-electron chi connectivity index (χ2n) is 4.52. The van der Waals surface area contributed by atoms with Crippen molar-refractivity contribution in [2.24, 2.45) is 7.05 Å². The molecule has 0 bridgehead atoms. The average Bonchev–Trinajstić information content (AvgIpc) is 2.73. The van der Waals surface area contributed by atoms with Crippen molar-refractivity contribution >= 4 is 33.0 Å². The maximum absolute atomic E-state index is 10.9. The number of anilines is 2. The van der Waals surface area contributed by atoms with E-state index in [9.17, 15) is 10.1 Å². The standard InChI is InChI=1S/C13H15BrN4O2/c1-4-10-12(7-17(3)16-10)15-11-5-8(2)13(18(19)20)6-9(11)14/h5-7,15H,4H2,1-3H3. The van der Waals surface area contributed by atoms with Gasteiger partial charge in [-0.15, -0.1) is 0 Å². The first-order valence-corrected chi connectivity index (χ1v) is 6.95. The van der Waals surface area contributed by atoms with E-state index in [2.05, 4.69) is 26.3 Å². The molecule has 0 radical (unpaired) electrons. The highest BCUT2D eigenvalue weighted by atomic mass is 79.9. The molecule has 1 aromatic carbocycles. The number of rotatable bonds is 4. The zero-order chi connectivity index (χ0) is 14.9. The summed E-state index contributed by atoms with van der Waals surface area (Å²) in [6.07, 6.45) is 2.70. The Bertz CT molecular complexity index is 667. The molecular weight excluding hydrogens is 324 g/mol. The SMILES string of the molecule is CCc1nn(C)cc1Nc1cc(C)c([N+](=O)[O-])cc1Br. The Morgan fingerprint density at radius 3 is 2.75 bits per heavy atom. The Hall–Kier alpha value is -1.89. The number of halogens is 1. The average molecular weight is 339 g/mol. The minimum Gasteiger partial charge on any atom is -0.352 e. The van der Waals surface area contributed by atoms with Crippen molar-refractivity contribution in [1.82, 2.24) is 9.78 Å². The van der Waals surface area contributed by atoms with Gasteiger partial charge < -0.3 is 5.32 Å². The van der Waals surface area contributed by atoms with E-state index in [1.54, 1.807) is 17.7 Å². The van der Waals surface area contributed by atoms with E-state index in [-0.39, 0.29) is 10.6 Å². The fourth-order valence-electron chi connectivity index (χ4n) is 2.01. The molecule has 0 saturated heterocycles. The second-order valence-corrected chi connectivity index (χ2v) is 5.37. The van der Waals surface area contributed by atoms with Gasteiger partial charge in [-0.25, -0.2) is 0 Å². The molecule has 1 aromatic heterocycles. The lowest BCUT2D eigenvalue weighted by molar-refractivity contribution is -0.385. The summed E-state index contributed by atoms with van der Waals surface area (Å²) in [5, 5.41) is 18.5. The highest BCUT2D eigenvalue weighted by Crippen LogP contribution is 2.33. The van der Waals surface area contributed by atoms with E-state index in [0.717, 1.165) is 23.5 Å². The molecule has 2 aromatic rings. The van der Waals surface area contributed by atoms with Gasteiger partial charge in [0, 0.05) is 29.3 Å². The summed E-state index contributed by atoms with van der Waals surface area (Å²) in [6.45, 7) is 3.75. The van der Waals surface area contributed by atoms with Crippen molar-refractivity contribution in [1.29, 1.82) is 0 Å². The van der Waals surface area contributed by atoms with Crippen LogP contribution in [-0.2, 0) is 13.5 Å². The number of benzene rings is 1. The van der Waals surface area contributed by atoms with E-state index in [1.807, 2.05) is 20.2 Å². The Morgan fingerprint density at radius 2 is 2.15 bits per heavy atom. The Kier molecular flexibility index (Phi) is 4.08. The molecule has 0 aliphatic heterocycles. The van der Waals surface area contributed by atoms with Crippen LogP contribution in [0.4, 0.5) is 17.1 Å². The molecule has 6 nitrogen and oxygen atoms in total. The van der Waals surface area contributed by atoms with E-state index in [4.69, 9.17) is 0 Å². The number of aryl methyl sites for hydroxylation is 3. The van der Waals surface area contributed by atoms with Crippen LogP contribution in [0.1, 0.15) is 18.2 Å². The maximum Gasteiger partial charge on any atom is 0.273 e. The van der Waals surface area contributed by atoms with Crippen LogP contribution >= 0.6 is 15.9 Å². The van der Waals surface area contributed by atoms with Crippen molar-refractivity contribution < 1.29 is 4.92 Å². The smallest absolute Gasteiger partial charge is 0.273 e. The zero-order valence-corrected chi connectivity index (χ0v) is 13.1. The minimum absolute atomic E-state index is 0.101. The zero-order valence-electron chi connectivity index (χ0n) is 11.5. The van der Waals surface area contributed by atoms with Gasteiger partial charge in [-0.05, 0) is 35.3 Å². The van der Waals surface area contributed by atoms with Crippen LogP contribution in [0.25, 0.3) is 0 Å². The lowest BCUT2D eigenvalue weighted by atomic mass is 10.1. The molecule has 106 valence electrons. The maximum atomic E-state index is 10.9. The van der Waals surface area contributed by atoms with Gasteiger partial charge in [-0.3, -0.25) is 14.8 Å². The van der Waals surface area contributed by atoms with Crippen LogP contribution in [0.3, 0.4) is 0 Å². The molecule has 1 heterocycles. The highest BCUT2D eigenvalue weighted by molar-refractivity contribution is 9.10. The monoisotopic (exact) mass is 338 g/mol. The Labute approximate surface area is 125 Å². The van der Waals surface area contributed by atoms with Gasteiger partial charge in [0.15, 0.2) is 0 Å². The third-order valence-corrected chi connectivity index (χ3v) is 3.65. The first-order valence-electron chi connectivity index (χ1n) is 6.16. The molecule has 7 heteroatoms. The number of nitrogens with one attached hydrogen (secondary N) is 1. The third-order valence-electron chi connectivity index (χ3n) is 2.99. The number of hydrogen-bond acceptors (Lipinski definition) is 4. The van der Waals surface area contributed by atoms with Crippen LogP contribution < -0.4 is 5.32 Å². The lowest BCUT2D eigenvalue weighted by Crippen LogP contribution is -1.97. The van der Waals surface area contributed by atoms with Gasteiger partial charge in [0.1, 0.15) is 0 Å². The quantitative estimate of drug-likeness (QED) is 0.681. The summed E-state index contributed by atoms with van der Waals surface area (Å²) in [5.41, 5.74) is 3.36. The van der Waals surface area contributed by atoms with Crippen LogP contribution in [-0.4, -0.2) is 14.7 Å². The number of nitro groups is 1. The first-order chi connectivity index (χ1) is 9.42. The van der Waals surface area contributed by atoms with E-state index >= 15 is 0 Å². The second kappa shape index (κ2) is 5.62. The molecule has 0 unspecified atom stereocenters. The van der Waals surface area contributed by atoms with Gasteiger partial charge in [-0.2, -0.15) is 5.10 Å². The molecule has 0 fully saturated rings. The molecule has 0 spiro atoms. The van der Waals surface area contributed by atoms with E-state index in [1.165, 1.54) is 6.07 Å². The number of hydrogen-bond donors (Lipinski definition) is 1. The largest absolute Gasteiger partial charge is 0.352 e. The summed E-state index contributed by atoms with van der Waals surface area (Å²) >= 11 is 3.37. The minimum atomic E-state index is -0.384. The van der Waals surface area contributed by atoms with Gasteiger partial charge in [0.05, 0.1) is 22.0 Å². The highest BCUT2D eigenvalue weighted by Gasteiger charge is 2.15. The molecule has 20 heavy (non-hydrogen) atoms. The van der Waals surface area contributed by atoms with Crippen LogP contribution in [0.15, 0.2) is 22.8 Å². The van der Waals surface area contributed by atoms with Crippen LogP contribution in [0.5, 0.6) is 0 Å². The first kappa shape index (κ1) is 14.5. The number of nitro benzene ring substituents is 1. The fraction of sp³-hybridized carbons (Fsp3) is 0.308. The predicted octanol–water partition coefficient (Wildman–Crippen LogP) is 3.71. The third kappa shape index (κ3) is 2.82. The Morgan fingerprint density at radius 1 is 1.45 bits per heavy atom. The molecular formula is C13H15BrN4O2. The number of aromatic nitrogens is 2. The number of nitrogens with zero attached hydrogens (tertiary/aromatic N) is 3. The molecule has 1 N–H and O–H groups in total. The summed E-state index contributed by atoms with van der Waals surface area (Å²) in [7, 11) is 1.86. The van der Waals surface area contributed by atoms with Gasteiger partial charge in [-0.1, -0.05) is 6.92 Å². The summed E-state index contributed by atoms with van der Waals surface area (Å²) in [4.78, 5) is 10.5. The molecule has 0 amide bonds. The Balaban J connectivity index is 2.39. The lowest BCUT2D eigenvalue weighted by Gasteiger charge is -2.09. The summed E-state index contributed by atoms with van der Waals surface area (Å²) in [5.74, 6) is 0. The molecule has 2 rings (SSSR count). The van der Waals surface area contributed by atoms with Crippen molar-refractivity contribution in [3.8, 4) is 0 Å². The summed E-state index contributed by atoms with van der Waals surface area (Å²) in [6, 6.07) is 3.27. The van der Waals surface area contributed by atoms with Crippen molar-refractivity contribution in [3.05, 3.63) is 44.2 Å². The molecule has 0 atom stereocenters. The van der Waals surface area contributed by atoms with Crippen LogP contribution in [0.2, 0.25) is 0 Å². The van der Waals surface area contributed by atoms with Crippen molar-refractivity contribution in [3.63, 3.8) is 0 Å². The molecule has 0 aliphatic carbocycles. The van der Waals surface area contributed by atoms with E-state index < -0.39 is 0 Å². The van der Waals surface area contributed by atoms with Gasteiger partial charge in [0.25, 0.3) is 5.69 Å². The topological polar surface area (TPSA) is 73.0 Å². The fourth-order valence-corrected chi connectivity index (χ4v) is 2.44. The molecule has 0 aliphatic rings. The van der Waals surface area contributed by atoms with Crippen molar-refractivity contribution in [2.75, 3.05) is 5.32 Å². The summed E-state index contributed by atoms with van der Waals surface area (Å²) < 4.78 is 2.40. The van der Waals surface area contributed by atoms with Gasteiger partial charge in [0.2, 0.25) is 0 Å². The van der Waals surface area contributed by atoms with Crippen LogP contribution in [0, 0.1) is 17.0 Å². The normalized spacial score (nSPS) is 10.6. The molecule has 0 saturated carbocycles. The van der Waals surface area contributed by atoms with Crippen molar-refractivity contribution in [2.45, 2.75) is 20.3 Å².